The van der Waals surface area contributed by atoms with E-state index in [0.29, 0.717) is 17.7 Å². The standard InChI is InChI=1S/C13H18FNO/c1-16-11-5-4-10(12(14)8-11)9-13(15)6-2-3-7-13/h4-5,8H,2-3,6-7,9,15H2,1H3. The van der Waals surface area contributed by atoms with Gasteiger partial charge in [-0.3, -0.25) is 0 Å². The van der Waals surface area contributed by atoms with Gasteiger partial charge in [0.05, 0.1) is 7.11 Å². The van der Waals surface area contributed by atoms with Crippen LogP contribution in [0.4, 0.5) is 4.39 Å². The monoisotopic (exact) mass is 223 g/mol. The first kappa shape index (κ1) is 11.4. The van der Waals surface area contributed by atoms with Crippen LogP contribution in [0.5, 0.6) is 5.75 Å². The highest BCUT2D eigenvalue weighted by atomic mass is 19.1. The van der Waals surface area contributed by atoms with Crippen LogP contribution in [0.1, 0.15) is 31.2 Å². The second-order valence-electron chi connectivity index (χ2n) is 4.70. The van der Waals surface area contributed by atoms with Crippen molar-refractivity contribution >= 4 is 0 Å². The van der Waals surface area contributed by atoms with E-state index in [0.717, 1.165) is 25.7 Å². The van der Waals surface area contributed by atoms with Crippen molar-refractivity contribution in [2.75, 3.05) is 7.11 Å². The summed E-state index contributed by atoms with van der Waals surface area (Å²) in [5.74, 6) is 0.342. The summed E-state index contributed by atoms with van der Waals surface area (Å²) in [6.07, 6.45) is 4.95. The third-order valence-corrected chi connectivity index (χ3v) is 3.40. The predicted octanol–water partition coefficient (Wildman–Crippen LogP) is 2.65. The van der Waals surface area contributed by atoms with Crippen LogP contribution in [0.2, 0.25) is 0 Å². The van der Waals surface area contributed by atoms with Gasteiger partial charge in [-0.2, -0.15) is 0 Å². The molecule has 0 saturated heterocycles. The molecule has 3 heteroatoms. The molecule has 16 heavy (non-hydrogen) atoms. The van der Waals surface area contributed by atoms with E-state index in [1.807, 2.05) is 0 Å². The van der Waals surface area contributed by atoms with Gasteiger partial charge in [-0.15, -0.1) is 0 Å². The minimum absolute atomic E-state index is 0.199. The third-order valence-electron chi connectivity index (χ3n) is 3.40. The Balaban J connectivity index is 2.15. The van der Waals surface area contributed by atoms with E-state index in [-0.39, 0.29) is 11.4 Å². The molecular weight excluding hydrogens is 205 g/mol. The zero-order valence-corrected chi connectivity index (χ0v) is 9.63. The van der Waals surface area contributed by atoms with Crippen molar-refractivity contribution in [3.05, 3.63) is 29.6 Å². The smallest absolute Gasteiger partial charge is 0.130 e. The molecule has 0 spiro atoms. The number of rotatable bonds is 3. The molecule has 0 unspecified atom stereocenters. The zero-order valence-electron chi connectivity index (χ0n) is 9.63. The zero-order chi connectivity index (χ0) is 11.6. The molecule has 2 rings (SSSR count). The summed E-state index contributed by atoms with van der Waals surface area (Å²) >= 11 is 0. The minimum Gasteiger partial charge on any atom is -0.497 e. The second kappa shape index (κ2) is 4.42. The van der Waals surface area contributed by atoms with Gasteiger partial charge < -0.3 is 10.5 Å². The van der Waals surface area contributed by atoms with Crippen LogP contribution in [0.25, 0.3) is 0 Å². The number of halogens is 1. The van der Waals surface area contributed by atoms with Gasteiger partial charge in [0.15, 0.2) is 0 Å². The molecule has 0 amide bonds. The number of nitrogens with two attached hydrogens (primary N) is 1. The van der Waals surface area contributed by atoms with Gasteiger partial charge in [-0.25, -0.2) is 4.39 Å². The van der Waals surface area contributed by atoms with Crippen LogP contribution in [0.3, 0.4) is 0 Å². The lowest BCUT2D eigenvalue weighted by molar-refractivity contribution is 0.405. The summed E-state index contributed by atoms with van der Waals surface area (Å²) in [6, 6.07) is 4.99. The van der Waals surface area contributed by atoms with Gasteiger partial charge in [0.25, 0.3) is 0 Å². The van der Waals surface area contributed by atoms with E-state index in [1.54, 1.807) is 12.1 Å². The highest BCUT2D eigenvalue weighted by Gasteiger charge is 2.30. The van der Waals surface area contributed by atoms with Gasteiger partial charge in [0, 0.05) is 11.6 Å². The van der Waals surface area contributed by atoms with Crippen LogP contribution in [-0.4, -0.2) is 12.6 Å². The molecule has 88 valence electrons. The molecule has 0 aromatic heterocycles. The minimum atomic E-state index is -0.212. The van der Waals surface area contributed by atoms with Crippen LogP contribution >= 0.6 is 0 Å². The molecule has 0 aliphatic heterocycles. The van der Waals surface area contributed by atoms with Crippen molar-refractivity contribution in [1.82, 2.24) is 0 Å². The fourth-order valence-electron chi connectivity index (χ4n) is 2.43. The summed E-state index contributed by atoms with van der Waals surface area (Å²) in [5, 5.41) is 0. The molecule has 1 saturated carbocycles. The SMILES string of the molecule is COc1ccc(CC2(N)CCCC2)c(F)c1. The Labute approximate surface area is 95.6 Å². The molecule has 0 atom stereocenters. The summed E-state index contributed by atoms with van der Waals surface area (Å²) in [5.41, 5.74) is 6.73. The van der Waals surface area contributed by atoms with Crippen molar-refractivity contribution in [3.63, 3.8) is 0 Å². The lowest BCUT2D eigenvalue weighted by Gasteiger charge is -2.23. The van der Waals surface area contributed by atoms with E-state index in [1.165, 1.54) is 13.2 Å². The average molecular weight is 223 g/mol. The fourth-order valence-corrected chi connectivity index (χ4v) is 2.43. The lowest BCUT2D eigenvalue weighted by atomic mass is 9.90. The number of hydrogen-bond donors (Lipinski definition) is 1. The molecule has 1 aliphatic rings. The molecule has 2 nitrogen and oxygen atoms in total. The number of methoxy groups -OCH3 is 1. The Morgan fingerprint density at radius 1 is 1.38 bits per heavy atom. The summed E-state index contributed by atoms with van der Waals surface area (Å²) in [4.78, 5) is 0. The topological polar surface area (TPSA) is 35.2 Å². The molecule has 2 N–H and O–H groups in total. The number of ether oxygens (including phenoxy) is 1. The van der Waals surface area contributed by atoms with E-state index in [9.17, 15) is 4.39 Å². The lowest BCUT2D eigenvalue weighted by Crippen LogP contribution is -2.38. The van der Waals surface area contributed by atoms with Crippen LogP contribution in [0.15, 0.2) is 18.2 Å². The average Bonchev–Trinajstić information content (AvgIpc) is 2.68. The fraction of sp³-hybridized carbons (Fsp3) is 0.538. The van der Waals surface area contributed by atoms with Crippen molar-refractivity contribution in [2.24, 2.45) is 5.73 Å². The third kappa shape index (κ3) is 2.35. The molecule has 1 fully saturated rings. The van der Waals surface area contributed by atoms with E-state index >= 15 is 0 Å². The Morgan fingerprint density at radius 3 is 2.62 bits per heavy atom. The molecule has 0 radical (unpaired) electrons. The van der Waals surface area contributed by atoms with E-state index in [4.69, 9.17) is 10.5 Å². The molecule has 1 aromatic carbocycles. The normalized spacial score (nSPS) is 18.7. The molecule has 0 bridgehead atoms. The van der Waals surface area contributed by atoms with Crippen molar-refractivity contribution < 1.29 is 9.13 Å². The van der Waals surface area contributed by atoms with Crippen molar-refractivity contribution in [2.45, 2.75) is 37.6 Å². The van der Waals surface area contributed by atoms with Crippen molar-refractivity contribution in [3.8, 4) is 5.75 Å². The summed E-state index contributed by atoms with van der Waals surface area (Å²) in [7, 11) is 1.54. The van der Waals surface area contributed by atoms with E-state index < -0.39 is 0 Å². The molecule has 1 aliphatic carbocycles. The van der Waals surface area contributed by atoms with Crippen molar-refractivity contribution in [1.29, 1.82) is 0 Å². The van der Waals surface area contributed by atoms with Crippen LogP contribution < -0.4 is 10.5 Å². The Morgan fingerprint density at radius 2 is 2.06 bits per heavy atom. The quantitative estimate of drug-likeness (QED) is 0.855. The first-order chi connectivity index (χ1) is 7.63. The maximum absolute atomic E-state index is 13.7. The maximum Gasteiger partial charge on any atom is 0.130 e. The maximum atomic E-state index is 13.7. The Hall–Kier alpha value is -1.09. The molecular formula is C13H18FNO. The first-order valence-electron chi connectivity index (χ1n) is 5.74. The Kier molecular flexibility index (Phi) is 3.15. The van der Waals surface area contributed by atoms with Gasteiger partial charge in [0.1, 0.15) is 11.6 Å². The molecule has 0 heterocycles. The molecule has 1 aromatic rings. The largest absolute Gasteiger partial charge is 0.497 e. The van der Waals surface area contributed by atoms with Crippen LogP contribution in [-0.2, 0) is 6.42 Å². The van der Waals surface area contributed by atoms with Gasteiger partial charge in [0.2, 0.25) is 0 Å². The van der Waals surface area contributed by atoms with E-state index in [2.05, 4.69) is 0 Å². The first-order valence-corrected chi connectivity index (χ1v) is 5.74. The number of hydrogen-bond acceptors (Lipinski definition) is 2. The summed E-state index contributed by atoms with van der Waals surface area (Å²) < 4.78 is 18.7. The highest BCUT2D eigenvalue weighted by Crippen LogP contribution is 2.31. The van der Waals surface area contributed by atoms with Crippen LogP contribution in [0, 0.1) is 5.82 Å². The highest BCUT2D eigenvalue weighted by molar-refractivity contribution is 5.30. The second-order valence-corrected chi connectivity index (χ2v) is 4.70. The predicted molar refractivity (Wildman–Crippen MR) is 62.0 cm³/mol. The summed E-state index contributed by atoms with van der Waals surface area (Å²) in [6.45, 7) is 0. The Bertz CT molecular complexity index is 372. The van der Waals surface area contributed by atoms with Gasteiger partial charge in [-0.05, 0) is 30.9 Å². The van der Waals surface area contributed by atoms with Gasteiger partial charge in [-0.1, -0.05) is 18.9 Å². The number of benzene rings is 1. The van der Waals surface area contributed by atoms with Gasteiger partial charge >= 0.3 is 0 Å².